The molecule has 0 atom stereocenters. The molecule has 0 N–H and O–H groups in total. The monoisotopic (exact) mass is 218 g/mol. The van der Waals surface area contributed by atoms with E-state index in [1.165, 1.54) is 37.2 Å². The van der Waals surface area contributed by atoms with E-state index in [-0.39, 0.29) is 0 Å². The standard InChI is InChI=1S/C9H15ClN2S/c1-3-5-7(6-4-2)8-11-9(10)12-13-8/h7H,3-6H2,1-2H3. The summed E-state index contributed by atoms with van der Waals surface area (Å²) < 4.78 is 4.00. The van der Waals surface area contributed by atoms with Crippen molar-refractivity contribution >= 4 is 23.1 Å². The van der Waals surface area contributed by atoms with E-state index in [4.69, 9.17) is 11.6 Å². The molecule has 0 aromatic carbocycles. The fourth-order valence-electron chi connectivity index (χ4n) is 1.47. The van der Waals surface area contributed by atoms with Gasteiger partial charge in [0.05, 0.1) is 0 Å². The summed E-state index contributed by atoms with van der Waals surface area (Å²) in [7, 11) is 0. The molecule has 0 aliphatic rings. The van der Waals surface area contributed by atoms with E-state index < -0.39 is 0 Å². The van der Waals surface area contributed by atoms with Crippen molar-refractivity contribution in [1.82, 2.24) is 9.36 Å². The predicted molar refractivity (Wildman–Crippen MR) is 57.5 cm³/mol. The molecule has 0 fully saturated rings. The van der Waals surface area contributed by atoms with Gasteiger partial charge in [0.1, 0.15) is 5.01 Å². The molecule has 0 saturated heterocycles. The SMILES string of the molecule is CCCC(CCC)c1nc(Cl)ns1. The quantitative estimate of drug-likeness (QED) is 0.750. The molecule has 0 saturated carbocycles. The number of hydrogen-bond acceptors (Lipinski definition) is 3. The predicted octanol–water partition coefficient (Wildman–Crippen LogP) is 3.88. The normalized spacial score (nSPS) is 11.1. The zero-order chi connectivity index (χ0) is 9.68. The van der Waals surface area contributed by atoms with Crippen LogP contribution in [0, 0.1) is 0 Å². The molecule has 1 rings (SSSR count). The lowest BCUT2D eigenvalue weighted by molar-refractivity contribution is 0.558. The average molecular weight is 219 g/mol. The van der Waals surface area contributed by atoms with Crippen LogP contribution in [0.5, 0.6) is 0 Å². The van der Waals surface area contributed by atoms with Gasteiger partial charge in [-0.05, 0) is 36.0 Å². The minimum absolute atomic E-state index is 0.400. The Hall–Kier alpha value is -0.150. The topological polar surface area (TPSA) is 25.8 Å². The lowest BCUT2D eigenvalue weighted by Gasteiger charge is -2.10. The van der Waals surface area contributed by atoms with Crippen molar-refractivity contribution in [2.24, 2.45) is 0 Å². The molecule has 0 radical (unpaired) electrons. The first-order valence-corrected chi connectivity index (χ1v) is 5.92. The minimum atomic E-state index is 0.400. The highest BCUT2D eigenvalue weighted by Crippen LogP contribution is 2.28. The van der Waals surface area contributed by atoms with Crippen LogP contribution in [0.1, 0.15) is 50.5 Å². The summed E-state index contributed by atoms with van der Waals surface area (Å²) in [6.45, 7) is 4.40. The van der Waals surface area contributed by atoms with Gasteiger partial charge in [-0.25, -0.2) is 4.98 Å². The van der Waals surface area contributed by atoms with Crippen molar-refractivity contribution < 1.29 is 0 Å². The Kier molecular flexibility index (Phi) is 4.67. The molecule has 2 nitrogen and oxygen atoms in total. The third-order valence-corrected chi connectivity index (χ3v) is 3.19. The summed E-state index contributed by atoms with van der Waals surface area (Å²) in [5.74, 6) is 0.569. The molecule has 0 spiro atoms. The summed E-state index contributed by atoms with van der Waals surface area (Å²) in [4.78, 5) is 4.22. The summed E-state index contributed by atoms with van der Waals surface area (Å²) >= 11 is 7.14. The van der Waals surface area contributed by atoms with Crippen molar-refractivity contribution in [3.8, 4) is 0 Å². The smallest absolute Gasteiger partial charge is 0.209 e. The fraction of sp³-hybridized carbons (Fsp3) is 0.778. The second-order valence-electron chi connectivity index (χ2n) is 3.18. The average Bonchev–Trinajstić information content (AvgIpc) is 2.51. The summed E-state index contributed by atoms with van der Waals surface area (Å²) in [5, 5.41) is 1.51. The van der Waals surface area contributed by atoms with E-state index >= 15 is 0 Å². The van der Waals surface area contributed by atoms with Gasteiger partial charge < -0.3 is 0 Å². The van der Waals surface area contributed by atoms with Crippen molar-refractivity contribution in [1.29, 1.82) is 0 Å². The summed E-state index contributed by atoms with van der Waals surface area (Å²) in [6, 6.07) is 0. The fourth-order valence-corrected chi connectivity index (χ4v) is 2.44. The van der Waals surface area contributed by atoms with Crippen LogP contribution < -0.4 is 0 Å². The third kappa shape index (κ3) is 3.24. The molecule has 0 bridgehead atoms. The highest BCUT2D eigenvalue weighted by Gasteiger charge is 2.14. The molecule has 0 aliphatic carbocycles. The van der Waals surface area contributed by atoms with E-state index in [0.717, 1.165) is 5.01 Å². The first-order chi connectivity index (χ1) is 6.27. The maximum Gasteiger partial charge on any atom is 0.234 e. The van der Waals surface area contributed by atoms with Gasteiger partial charge in [0, 0.05) is 5.92 Å². The summed E-state index contributed by atoms with van der Waals surface area (Å²) in [5.41, 5.74) is 0. The summed E-state index contributed by atoms with van der Waals surface area (Å²) in [6.07, 6.45) is 4.78. The molecule has 0 aliphatic heterocycles. The Morgan fingerprint density at radius 3 is 2.31 bits per heavy atom. The Bertz CT molecular complexity index is 244. The number of halogens is 1. The maximum atomic E-state index is 5.69. The molecular weight excluding hydrogens is 204 g/mol. The van der Waals surface area contributed by atoms with Crippen LogP contribution >= 0.6 is 23.1 Å². The molecule has 0 unspecified atom stereocenters. The van der Waals surface area contributed by atoms with E-state index in [2.05, 4.69) is 23.2 Å². The first-order valence-electron chi connectivity index (χ1n) is 4.77. The lowest BCUT2D eigenvalue weighted by Crippen LogP contribution is -1.97. The van der Waals surface area contributed by atoms with Crippen LogP contribution in [0.3, 0.4) is 0 Å². The number of rotatable bonds is 5. The Morgan fingerprint density at radius 1 is 1.31 bits per heavy atom. The van der Waals surface area contributed by atoms with Gasteiger partial charge in [-0.1, -0.05) is 26.7 Å². The molecule has 1 aromatic heterocycles. The largest absolute Gasteiger partial charge is 0.234 e. The second-order valence-corrected chi connectivity index (χ2v) is 4.30. The lowest BCUT2D eigenvalue weighted by atomic mass is 9.99. The van der Waals surface area contributed by atoms with Gasteiger partial charge in [0.2, 0.25) is 5.28 Å². The maximum absolute atomic E-state index is 5.69. The van der Waals surface area contributed by atoms with Gasteiger partial charge in [-0.2, -0.15) is 4.37 Å². The van der Waals surface area contributed by atoms with Gasteiger partial charge >= 0.3 is 0 Å². The Labute approximate surface area is 88.5 Å². The number of hydrogen-bond donors (Lipinski definition) is 0. The highest BCUT2D eigenvalue weighted by molar-refractivity contribution is 7.05. The van der Waals surface area contributed by atoms with Gasteiger partial charge in [0.25, 0.3) is 0 Å². The van der Waals surface area contributed by atoms with E-state index in [0.29, 0.717) is 11.2 Å². The van der Waals surface area contributed by atoms with Crippen molar-refractivity contribution in [3.63, 3.8) is 0 Å². The molecule has 1 aromatic rings. The molecule has 74 valence electrons. The Balaban J connectivity index is 2.63. The van der Waals surface area contributed by atoms with Crippen molar-refractivity contribution in [2.45, 2.75) is 45.4 Å². The zero-order valence-corrected chi connectivity index (χ0v) is 9.66. The number of nitrogens with zero attached hydrogens (tertiary/aromatic N) is 2. The first kappa shape index (κ1) is 10.9. The van der Waals surface area contributed by atoms with Crippen LogP contribution in [0.2, 0.25) is 5.28 Å². The molecular formula is C9H15ClN2S. The van der Waals surface area contributed by atoms with Gasteiger partial charge in [-0.3, -0.25) is 0 Å². The van der Waals surface area contributed by atoms with Crippen molar-refractivity contribution in [2.75, 3.05) is 0 Å². The minimum Gasteiger partial charge on any atom is -0.209 e. The van der Waals surface area contributed by atoms with E-state index in [1.807, 2.05) is 0 Å². The van der Waals surface area contributed by atoms with Crippen LogP contribution in [0.4, 0.5) is 0 Å². The number of aromatic nitrogens is 2. The van der Waals surface area contributed by atoms with Gasteiger partial charge in [0.15, 0.2) is 0 Å². The van der Waals surface area contributed by atoms with Crippen LogP contribution in [-0.2, 0) is 0 Å². The second kappa shape index (κ2) is 5.55. The molecule has 13 heavy (non-hydrogen) atoms. The van der Waals surface area contributed by atoms with Crippen LogP contribution in [0.15, 0.2) is 0 Å². The molecule has 1 heterocycles. The zero-order valence-electron chi connectivity index (χ0n) is 8.09. The van der Waals surface area contributed by atoms with Crippen LogP contribution in [-0.4, -0.2) is 9.36 Å². The molecule has 0 amide bonds. The Morgan fingerprint density at radius 2 is 1.92 bits per heavy atom. The van der Waals surface area contributed by atoms with Crippen LogP contribution in [0.25, 0.3) is 0 Å². The van der Waals surface area contributed by atoms with E-state index in [1.54, 1.807) is 0 Å². The molecule has 4 heteroatoms. The van der Waals surface area contributed by atoms with Crippen molar-refractivity contribution in [3.05, 3.63) is 10.3 Å². The highest BCUT2D eigenvalue weighted by atomic mass is 35.5. The van der Waals surface area contributed by atoms with E-state index in [9.17, 15) is 0 Å². The van der Waals surface area contributed by atoms with Gasteiger partial charge in [-0.15, -0.1) is 0 Å². The third-order valence-electron chi connectivity index (χ3n) is 2.04.